The van der Waals surface area contributed by atoms with Crippen LogP contribution in [0.3, 0.4) is 0 Å². The van der Waals surface area contributed by atoms with E-state index in [0.29, 0.717) is 23.3 Å². The molecule has 8 bridgehead atoms. The average molecular weight is 477 g/mol. The molecule has 0 spiro atoms. The van der Waals surface area contributed by atoms with Crippen molar-refractivity contribution in [3.05, 3.63) is 54.1 Å². The third-order valence-corrected chi connectivity index (χ3v) is 5.00. The van der Waals surface area contributed by atoms with Gasteiger partial charge in [0, 0.05) is 16.7 Å². The molecule has 33 heavy (non-hydrogen) atoms. The quantitative estimate of drug-likeness (QED) is 0.305. The van der Waals surface area contributed by atoms with E-state index in [4.69, 9.17) is 0 Å². The van der Waals surface area contributed by atoms with Gasteiger partial charge in [0.2, 0.25) is 5.78 Å². The van der Waals surface area contributed by atoms with E-state index < -0.39 is 0 Å². The van der Waals surface area contributed by atoms with Crippen molar-refractivity contribution < 1.29 is 16.5 Å². The minimum Gasteiger partial charge on any atom is -0.442 e. The van der Waals surface area contributed by atoms with Crippen LogP contribution in [0.2, 0.25) is 0 Å². The van der Waals surface area contributed by atoms with E-state index in [-0.39, 0.29) is 39.6 Å². The van der Waals surface area contributed by atoms with E-state index in [0.717, 1.165) is 22.3 Å². The van der Waals surface area contributed by atoms with Crippen molar-refractivity contribution in [2.24, 2.45) is 5.10 Å². The Balaban J connectivity index is 0.00000206. The molecule has 4 aromatic rings. The van der Waals surface area contributed by atoms with Crippen LogP contribution >= 0.6 is 0 Å². The molecule has 3 aliphatic rings. The number of rotatable bonds is 0. The summed E-state index contributed by atoms with van der Waals surface area (Å²) >= 11 is 0. The molecule has 0 fully saturated rings. The Kier molecular flexibility index (Phi) is 4.23. The number of hydrogen-bond donors (Lipinski definition) is 2. The van der Waals surface area contributed by atoms with Crippen molar-refractivity contribution in [3.63, 3.8) is 0 Å². The molecule has 13 heteroatoms. The number of nitrogens with zero attached hydrogens (tertiary/aromatic N) is 10. The summed E-state index contributed by atoms with van der Waals surface area (Å²) in [6, 6.07) is 15.3. The maximum Gasteiger partial charge on any atom is 2.00 e. The van der Waals surface area contributed by atoms with Gasteiger partial charge < -0.3 is 25.5 Å². The summed E-state index contributed by atoms with van der Waals surface area (Å²) in [5.74, 6) is 2.54. The molecule has 0 unspecified atom stereocenters. The van der Waals surface area contributed by atoms with E-state index in [1.54, 1.807) is 0 Å². The second kappa shape index (κ2) is 7.28. The third-order valence-electron chi connectivity index (χ3n) is 5.00. The summed E-state index contributed by atoms with van der Waals surface area (Å²) < 4.78 is 0. The Hall–Kier alpha value is -4.51. The molecule has 3 aliphatic heterocycles. The normalized spacial score (nSPS) is 11.9. The van der Waals surface area contributed by atoms with Gasteiger partial charge in [-0.2, -0.15) is 9.97 Å². The van der Waals surface area contributed by atoms with Crippen molar-refractivity contribution in [1.29, 1.82) is 0 Å². The number of benzene rings is 2. The smallest absolute Gasteiger partial charge is 0.442 e. The third kappa shape index (κ3) is 3.14. The van der Waals surface area contributed by atoms with Crippen molar-refractivity contribution >= 4 is 17.5 Å². The first-order chi connectivity index (χ1) is 15.8. The summed E-state index contributed by atoms with van der Waals surface area (Å²) in [4.78, 5) is 35.8. The number of hydrogen-bond acceptors (Lipinski definition) is 9. The number of nitrogens with one attached hydrogen (secondary N) is 2. The van der Waals surface area contributed by atoms with E-state index in [9.17, 15) is 0 Å². The number of H-pyrrole nitrogens is 1. The standard InChI is InChI=1S/C20H10N12.Ni/c1-2-6-10-9(5-1)13-21-14(10)24-18-28-20(32-30-18)26-16-12-8-4-3-7-11(12)15(22-16)25-19-27-17(23-13)29-31-19;/h1-8H,(H2-2,21,22,23,24,25,26,27,28,29,30,31,32);/q-2;+2. The number of fused-ring (bicyclic) bond motifs is 14. The molecule has 0 saturated carbocycles. The van der Waals surface area contributed by atoms with Gasteiger partial charge in [0.1, 0.15) is 5.95 Å². The average Bonchev–Trinajstić information content (AvgIpc) is 3.58. The zero-order chi connectivity index (χ0) is 21.1. The molecule has 0 radical (unpaired) electrons. The van der Waals surface area contributed by atoms with E-state index in [2.05, 4.69) is 60.6 Å². The van der Waals surface area contributed by atoms with Crippen molar-refractivity contribution in [3.8, 4) is 45.6 Å². The van der Waals surface area contributed by atoms with Gasteiger partial charge in [-0.3, -0.25) is 0 Å². The molecule has 0 atom stereocenters. The molecular weight excluding hydrogens is 467 g/mol. The van der Waals surface area contributed by atoms with Gasteiger partial charge in [0.25, 0.3) is 5.78 Å². The Morgan fingerprint density at radius 2 is 1.30 bits per heavy atom. The van der Waals surface area contributed by atoms with Gasteiger partial charge in [-0.15, -0.1) is 5.10 Å². The minimum atomic E-state index is 0. The van der Waals surface area contributed by atoms with Crippen LogP contribution < -0.4 is 21.0 Å². The van der Waals surface area contributed by atoms with Gasteiger partial charge in [-0.25, -0.2) is 20.1 Å². The van der Waals surface area contributed by atoms with Gasteiger partial charge >= 0.3 is 16.5 Å². The van der Waals surface area contributed by atoms with Crippen LogP contribution in [-0.4, -0.2) is 40.1 Å². The second-order valence-electron chi connectivity index (χ2n) is 6.97. The van der Waals surface area contributed by atoms with Crippen LogP contribution in [0, 0.1) is 0 Å². The topological polar surface area (TPSA) is 159 Å². The molecule has 0 saturated heterocycles. The molecule has 0 aliphatic carbocycles. The monoisotopic (exact) mass is 476 g/mol. The molecule has 7 rings (SSSR count). The first kappa shape index (κ1) is 19.2. The number of aromatic amines is 1. The maximum atomic E-state index is 4.56. The fourth-order valence-corrected chi connectivity index (χ4v) is 3.61. The Labute approximate surface area is 194 Å². The summed E-state index contributed by atoms with van der Waals surface area (Å²) in [6.07, 6.45) is 0. The summed E-state index contributed by atoms with van der Waals surface area (Å²) in [6.45, 7) is 0. The van der Waals surface area contributed by atoms with Crippen molar-refractivity contribution in [2.75, 3.05) is 5.43 Å². The van der Waals surface area contributed by atoms with Crippen LogP contribution in [0.1, 0.15) is 0 Å². The summed E-state index contributed by atoms with van der Waals surface area (Å²) in [7, 11) is 0. The maximum absolute atomic E-state index is 4.56. The largest absolute Gasteiger partial charge is 2.00 e. The van der Waals surface area contributed by atoms with E-state index in [1.165, 1.54) is 0 Å². The summed E-state index contributed by atoms with van der Waals surface area (Å²) in [5, 5.41) is 11.1. The van der Waals surface area contributed by atoms with Crippen LogP contribution in [-0.2, 0) is 16.5 Å². The predicted molar refractivity (Wildman–Crippen MR) is 112 cm³/mol. The number of aromatic nitrogens is 10. The number of anilines is 1. The van der Waals surface area contributed by atoms with Crippen LogP contribution in [0.4, 0.5) is 5.95 Å². The zero-order valence-corrected chi connectivity index (χ0v) is 17.4. The van der Waals surface area contributed by atoms with Crippen LogP contribution in [0.5, 0.6) is 0 Å². The van der Waals surface area contributed by atoms with E-state index >= 15 is 0 Å². The molecule has 12 nitrogen and oxygen atoms in total. The molecular formula is C20H10N12Ni. The summed E-state index contributed by atoms with van der Waals surface area (Å²) in [5.41, 5.74) is 6.26. The molecule has 2 aromatic carbocycles. The Morgan fingerprint density at radius 1 is 0.636 bits per heavy atom. The van der Waals surface area contributed by atoms with Crippen LogP contribution in [0.25, 0.3) is 57.1 Å². The first-order valence-electron chi connectivity index (χ1n) is 9.63. The molecule has 2 N–H and O–H groups in total. The molecule has 5 heterocycles. The van der Waals surface area contributed by atoms with Crippen LogP contribution in [0.15, 0.2) is 53.6 Å². The molecule has 160 valence electrons. The van der Waals surface area contributed by atoms with Gasteiger partial charge in [-0.05, 0) is 11.4 Å². The van der Waals surface area contributed by atoms with Crippen molar-refractivity contribution in [1.82, 2.24) is 50.1 Å². The van der Waals surface area contributed by atoms with Gasteiger partial charge in [0.15, 0.2) is 11.6 Å². The minimum absolute atomic E-state index is 0. The Bertz CT molecular complexity index is 1680. The van der Waals surface area contributed by atoms with Gasteiger partial charge in [0.05, 0.1) is 5.82 Å². The second-order valence-corrected chi connectivity index (χ2v) is 6.97. The van der Waals surface area contributed by atoms with E-state index in [1.807, 2.05) is 48.5 Å². The van der Waals surface area contributed by atoms with Gasteiger partial charge in [-0.1, -0.05) is 54.1 Å². The fraction of sp³-hybridized carbons (Fsp3) is 0. The molecule has 0 amide bonds. The fourth-order valence-electron chi connectivity index (χ4n) is 3.61. The molecule has 2 aromatic heterocycles. The SMILES string of the molecule is [Ni+2].c1ccc2c(c1)-c1nc-2nc2nc(n[nH]2)nc2nc([n-]c3[n-]c(n1)NN=3)-c1ccccc1-2. The Morgan fingerprint density at radius 3 is 2.09 bits per heavy atom. The predicted octanol–water partition coefficient (Wildman–Crippen LogP) is 1.19. The first-order valence-corrected chi connectivity index (χ1v) is 9.63. The van der Waals surface area contributed by atoms with Crippen molar-refractivity contribution in [2.45, 2.75) is 0 Å². The zero-order valence-electron chi connectivity index (χ0n) is 16.4.